The molecule has 23 heavy (non-hydrogen) atoms. The molecule has 2 rings (SSSR count). The van der Waals surface area contributed by atoms with Gasteiger partial charge in [-0.25, -0.2) is 0 Å². The van der Waals surface area contributed by atoms with E-state index in [1.165, 1.54) is 0 Å². The average Bonchev–Trinajstić information content (AvgIpc) is 2.53. The standard InChI is InChI=1S/C16H16BrN3O2S/c1-2-22-14-9-11(8-13(17)15(14)21)10-18-20-16(23)19-12-6-4-3-5-7-12/h3-10,21H,2H2,1H3,(H2,19,20,23). The molecule has 0 spiro atoms. The quantitative estimate of drug-likeness (QED) is 0.408. The Bertz CT molecular complexity index is 708. The van der Waals surface area contributed by atoms with Gasteiger partial charge in [-0.15, -0.1) is 0 Å². The Morgan fingerprint density at radius 1 is 1.35 bits per heavy atom. The number of para-hydroxylation sites is 1. The van der Waals surface area contributed by atoms with Crippen molar-refractivity contribution in [1.29, 1.82) is 0 Å². The number of phenols is 1. The summed E-state index contributed by atoms with van der Waals surface area (Å²) in [4.78, 5) is 0. The first-order valence-electron chi connectivity index (χ1n) is 6.90. The molecule has 0 saturated carbocycles. The van der Waals surface area contributed by atoms with Crippen molar-refractivity contribution in [2.75, 3.05) is 11.9 Å². The molecular formula is C16H16BrN3O2S. The second kappa shape index (κ2) is 8.50. The summed E-state index contributed by atoms with van der Waals surface area (Å²) in [5.74, 6) is 0.464. The van der Waals surface area contributed by atoms with E-state index in [9.17, 15) is 5.11 Å². The van der Waals surface area contributed by atoms with Crippen molar-refractivity contribution >= 4 is 45.2 Å². The van der Waals surface area contributed by atoms with Gasteiger partial charge in [-0.1, -0.05) is 18.2 Å². The number of hydrazone groups is 1. The van der Waals surface area contributed by atoms with Gasteiger partial charge in [0.25, 0.3) is 0 Å². The van der Waals surface area contributed by atoms with Gasteiger partial charge < -0.3 is 15.2 Å². The summed E-state index contributed by atoms with van der Waals surface area (Å²) in [5, 5.41) is 17.3. The molecule has 3 N–H and O–H groups in total. The van der Waals surface area contributed by atoms with E-state index >= 15 is 0 Å². The molecule has 0 heterocycles. The predicted octanol–water partition coefficient (Wildman–Crippen LogP) is 3.87. The van der Waals surface area contributed by atoms with Crippen molar-refractivity contribution in [2.24, 2.45) is 5.10 Å². The fraction of sp³-hybridized carbons (Fsp3) is 0.125. The molecule has 120 valence electrons. The molecule has 0 aliphatic heterocycles. The largest absolute Gasteiger partial charge is 0.503 e. The fourth-order valence-corrected chi connectivity index (χ4v) is 2.41. The van der Waals surface area contributed by atoms with Crippen LogP contribution in [-0.4, -0.2) is 23.0 Å². The Hall–Kier alpha value is -2.12. The maximum Gasteiger partial charge on any atom is 0.191 e. The number of benzene rings is 2. The molecule has 0 unspecified atom stereocenters. The SMILES string of the molecule is CCOc1cc(C=NNC(=S)Nc2ccccc2)cc(Br)c1O. The van der Waals surface area contributed by atoms with E-state index in [-0.39, 0.29) is 5.75 Å². The van der Waals surface area contributed by atoms with E-state index in [1.54, 1.807) is 18.3 Å². The number of thiocarbonyl (C=S) groups is 1. The van der Waals surface area contributed by atoms with Gasteiger partial charge in [0.15, 0.2) is 16.6 Å². The third kappa shape index (κ3) is 5.22. The summed E-state index contributed by atoms with van der Waals surface area (Å²) in [5.41, 5.74) is 4.37. The van der Waals surface area contributed by atoms with Crippen molar-refractivity contribution in [1.82, 2.24) is 5.43 Å². The summed E-state index contributed by atoms with van der Waals surface area (Å²) in [7, 11) is 0. The van der Waals surface area contributed by atoms with Crippen LogP contribution in [0.2, 0.25) is 0 Å². The lowest BCUT2D eigenvalue weighted by molar-refractivity contribution is 0.317. The van der Waals surface area contributed by atoms with Crippen molar-refractivity contribution in [3.63, 3.8) is 0 Å². The minimum absolute atomic E-state index is 0.0678. The van der Waals surface area contributed by atoms with Crippen molar-refractivity contribution < 1.29 is 9.84 Å². The first-order chi connectivity index (χ1) is 11.1. The summed E-state index contributed by atoms with van der Waals surface area (Å²) in [6.45, 7) is 2.31. The molecule has 7 heteroatoms. The van der Waals surface area contributed by atoms with E-state index in [2.05, 4.69) is 31.8 Å². The van der Waals surface area contributed by atoms with Gasteiger partial charge in [-0.3, -0.25) is 5.43 Å². The van der Waals surface area contributed by atoms with E-state index in [4.69, 9.17) is 17.0 Å². The molecule has 2 aromatic carbocycles. The van der Waals surface area contributed by atoms with E-state index in [0.29, 0.717) is 21.9 Å². The number of rotatable bonds is 5. The van der Waals surface area contributed by atoms with E-state index in [1.807, 2.05) is 37.3 Å². The normalized spacial score (nSPS) is 10.5. The minimum atomic E-state index is 0.0678. The zero-order chi connectivity index (χ0) is 16.7. The van der Waals surface area contributed by atoms with E-state index < -0.39 is 0 Å². The average molecular weight is 394 g/mol. The van der Waals surface area contributed by atoms with Crippen LogP contribution < -0.4 is 15.5 Å². The van der Waals surface area contributed by atoms with Crippen LogP contribution in [0.4, 0.5) is 5.69 Å². The highest BCUT2D eigenvalue weighted by atomic mass is 79.9. The van der Waals surface area contributed by atoms with Gasteiger partial charge in [0.1, 0.15) is 0 Å². The smallest absolute Gasteiger partial charge is 0.191 e. The molecule has 0 radical (unpaired) electrons. The number of nitrogens with zero attached hydrogens (tertiary/aromatic N) is 1. The number of hydrogen-bond acceptors (Lipinski definition) is 4. The highest BCUT2D eigenvalue weighted by Gasteiger charge is 2.08. The predicted molar refractivity (Wildman–Crippen MR) is 100 cm³/mol. The monoisotopic (exact) mass is 393 g/mol. The van der Waals surface area contributed by atoms with Gasteiger partial charge in [0.05, 0.1) is 17.3 Å². The fourth-order valence-electron chi connectivity index (χ4n) is 1.78. The molecule has 0 fully saturated rings. The van der Waals surface area contributed by atoms with E-state index in [0.717, 1.165) is 11.3 Å². The number of hydrogen-bond donors (Lipinski definition) is 3. The first kappa shape index (κ1) is 17.2. The molecule has 0 bridgehead atoms. The summed E-state index contributed by atoms with van der Waals surface area (Å²) < 4.78 is 5.90. The summed E-state index contributed by atoms with van der Waals surface area (Å²) in [6, 6.07) is 13.0. The van der Waals surface area contributed by atoms with Crippen LogP contribution in [0.15, 0.2) is 52.0 Å². The second-order valence-corrected chi connectivity index (χ2v) is 5.74. The van der Waals surface area contributed by atoms with Crippen LogP contribution >= 0.6 is 28.1 Å². The molecule has 0 saturated heterocycles. The highest BCUT2D eigenvalue weighted by Crippen LogP contribution is 2.34. The van der Waals surface area contributed by atoms with Gasteiger partial charge in [0.2, 0.25) is 0 Å². The molecule has 0 aliphatic rings. The van der Waals surface area contributed by atoms with Crippen LogP contribution in [-0.2, 0) is 0 Å². The molecule has 0 amide bonds. The lowest BCUT2D eigenvalue weighted by Gasteiger charge is -2.09. The summed E-state index contributed by atoms with van der Waals surface area (Å²) >= 11 is 8.44. The van der Waals surface area contributed by atoms with Gasteiger partial charge in [-0.2, -0.15) is 5.10 Å². The number of aromatic hydroxyl groups is 1. The zero-order valence-corrected chi connectivity index (χ0v) is 14.8. The Morgan fingerprint density at radius 2 is 2.09 bits per heavy atom. The van der Waals surface area contributed by atoms with Crippen molar-refractivity contribution in [3.05, 3.63) is 52.5 Å². The first-order valence-corrected chi connectivity index (χ1v) is 8.10. The third-order valence-electron chi connectivity index (χ3n) is 2.76. The lowest BCUT2D eigenvalue weighted by Crippen LogP contribution is -2.23. The molecule has 0 atom stereocenters. The van der Waals surface area contributed by atoms with Crippen molar-refractivity contribution in [2.45, 2.75) is 6.92 Å². The summed E-state index contributed by atoms with van der Waals surface area (Å²) in [6.07, 6.45) is 1.59. The number of phenolic OH excluding ortho intramolecular Hbond substituents is 1. The molecule has 0 aromatic heterocycles. The van der Waals surface area contributed by atoms with Gasteiger partial charge >= 0.3 is 0 Å². The van der Waals surface area contributed by atoms with Crippen LogP contribution in [0, 0.1) is 0 Å². The van der Waals surface area contributed by atoms with Crippen LogP contribution in [0.1, 0.15) is 12.5 Å². The van der Waals surface area contributed by atoms with Crippen LogP contribution in [0.3, 0.4) is 0 Å². The number of nitrogens with one attached hydrogen (secondary N) is 2. The maximum absolute atomic E-state index is 9.87. The number of ether oxygens (including phenoxy) is 1. The Balaban J connectivity index is 1.99. The Kier molecular flexibility index (Phi) is 6.37. The topological polar surface area (TPSA) is 65.9 Å². The molecule has 5 nitrogen and oxygen atoms in total. The minimum Gasteiger partial charge on any atom is -0.503 e. The van der Waals surface area contributed by atoms with Crippen LogP contribution in [0.5, 0.6) is 11.5 Å². The van der Waals surface area contributed by atoms with Crippen LogP contribution in [0.25, 0.3) is 0 Å². The van der Waals surface area contributed by atoms with Crippen molar-refractivity contribution in [3.8, 4) is 11.5 Å². The molecular weight excluding hydrogens is 378 g/mol. The third-order valence-corrected chi connectivity index (χ3v) is 3.56. The Morgan fingerprint density at radius 3 is 2.78 bits per heavy atom. The molecule has 2 aromatic rings. The van der Waals surface area contributed by atoms with Gasteiger partial charge in [-0.05, 0) is 64.9 Å². The maximum atomic E-state index is 9.87. The lowest BCUT2D eigenvalue weighted by atomic mass is 10.2. The van der Waals surface area contributed by atoms with Gasteiger partial charge in [0, 0.05) is 5.69 Å². The zero-order valence-electron chi connectivity index (χ0n) is 12.4. The molecule has 0 aliphatic carbocycles. The number of anilines is 1. The second-order valence-electron chi connectivity index (χ2n) is 4.47. The highest BCUT2D eigenvalue weighted by molar-refractivity contribution is 9.10. The number of halogens is 1. The Labute approximate surface area is 148 Å².